The Balaban J connectivity index is 2.30. The monoisotopic (exact) mass is 205 g/mol. The van der Waals surface area contributed by atoms with Crippen molar-refractivity contribution in [1.82, 2.24) is 0 Å². The van der Waals surface area contributed by atoms with Gasteiger partial charge in [0, 0.05) is 11.3 Å². The van der Waals surface area contributed by atoms with Crippen molar-refractivity contribution in [2.45, 2.75) is 18.9 Å². The molecule has 1 heterocycles. The predicted octanol–water partition coefficient (Wildman–Crippen LogP) is 1.43. The highest BCUT2D eigenvalue weighted by atomic mass is 16.4. The van der Waals surface area contributed by atoms with Gasteiger partial charge in [0.2, 0.25) is 0 Å². The molecule has 1 aliphatic rings. The molecule has 0 amide bonds. The number of aliphatic carboxylic acids is 1. The molecule has 2 N–H and O–H groups in total. The first-order chi connectivity index (χ1) is 7.18. The van der Waals surface area contributed by atoms with Gasteiger partial charge in [-0.25, -0.2) is 4.79 Å². The normalized spacial score (nSPS) is 20.0. The number of benzene rings is 1. The van der Waals surface area contributed by atoms with Crippen LogP contribution in [0.15, 0.2) is 29.3 Å². The van der Waals surface area contributed by atoms with Crippen LogP contribution in [0, 0.1) is 0 Å². The third-order valence-electron chi connectivity index (χ3n) is 2.47. The third kappa shape index (κ3) is 1.83. The van der Waals surface area contributed by atoms with Crippen molar-refractivity contribution < 1.29 is 15.0 Å². The zero-order chi connectivity index (χ0) is 10.8. The maximum atomic E-state index is 10.7. The van der Waals surface area contributed by atoms with E-state index in [0.29, 0.717) is 24.1 Å². The van der Waals surface area contributed by atoms with Crippen molar-refractivity contribution in [3.8, 4) is 5.75 Å². The van der Waals surface area contributed by atoms with Crippen LogP contribution in [-0.4, -0.2) is 27.9 Å². The highest BCUT2D eigenvalue weighted by Crippen LogP contribution is 2.24. The molecular weight excluding hydrogens is 194 g/mol. The highest BCUT2D eigenvalue weighted by Gasteiger charge is 2.25. The molecule has 1 aliphatic heterocycles. The number of carboxylic acids is 1. The van der Waals surface area contributed by atoms with Crippen molar-refractivity contribution in [3.63, 3.8) is 0 Å². The fourth-order valence-electron chi connectivity index (χ4n) is 1.69. The van der Waals surface area contributed by atoms with E-state index < -0.39 is 12.0 Å². The van der Waals surface area contributed by atoms with Crippen molar-refractivity contribution in [1.29, 1.82) is 0 Å². The van der Waals surface area contributed by atoms with E-state index in [9.17, 15) is 9.90 Å². The Morgan fingerprint density at radius 2 is 2.13 bits per heavy atom. The van der Waals surface area contributed by atoms with Gasteiger partial charge in [-0.15, -0.1) is 0 Å². The number of aliphatic imine (C=N–C) groups is 1. The minimum absolute atomic E-state index is 0.155. The Morgan fingerprint density at radius 1 is 1.40 bits per heavy atom. The first-order valence-corrected chi connectivity index (χ1v) is 4.76. The highest BCUT2D eigenvalue weighted by molar-refractivity contribution is 6.05. The molecular formula is C11H11NO3. The van der Waals surface area contributed by atoms with Gasteiger partial charge in [0.05, 0.1) is 0 Å². The van der Waals surface area contributed by atoms with Gasteiger partial charge in [-0.3, -0.25) is 4.99 Å². The number of carbonyl (C=O) groups is 1. The van der Waals surface area contributed by atoms with Crippen molar-refractivity contribution in [2.24, 2.45) is 4.99 Å². The molecule has 1 aromatic rings. The minimum atomic E-state index is -0.902. The second-order valence-corrected chi connectivity index (χ2v) is 3.49. The Kier molecular flexibility index (Phi) is 2.41. The summed E-state index contributed by atoms with van der Waals surface area (Å²) in [5.74, 6) is -0.747. The molecule has 4 nitrogen and oxygen atoms in total. The van der Waals surface area contributed by atoms with Gasteiger partial charge in [-0.2, -0.15) is 0 Å². The average molecular weight is 205 g/mol. The molecule has 4 heteroatoms. The number of phenols is 1. The van der Waals surface area contributed by atoms with Gasteiger partial charge in [-0.1, -0.05) is 12.1 Å². The third-order valence-corrected chi connectivity index (χ3v) is 2.47. The van der Waals surface area contributed by atoms with Gasteiger partial charge < -0.3 is 10.2 Å². The number of para-hydroxylation sites is 1. The molecule has 0 fully saturated rings. The summed E-state index contributed by atoms with van der Waals surface area (Å²) in [4.78, 5) is 14.8. The van der Waals surface area contributed by atoms with Crippen LogP contribution in [0.25, 0.3) is 0 Å². The van der Waals surface area contributed by atoms with Gasteiger partial charge in [0.15, 0.2) is 0 Å². The number of phenolic OH excluding ortho intramolecular Hbond substituents is 1. The topological polar surface area (TPSA) is 69.9 Å². The Morgan fingerprint density at radius 3 is 2.73 bits per heavy atom. The Bertz CT molecular complexity index is 426. The number of aromatic hydroxyl groups is 1. The zero-order valence-electron chi connectivity index (χ0n) is 8.05. The maximum absolute atomic E-state index is 10.7. The van der Waals surface area contributed by atoms with E-state index in [-0.39, 0.29) is 5.75 Å². The molecule has 1 aromatic carbocycles. The molecule has 78 valence electrons. The molecule has 0 aliphatic carbocycles. The molecule has 0 bridgehead atoms. The molecule has 0 saturated heterocycles. The van der Waals surface area contributed by atoms with Crippen LogP contribution in [0.5, 0.6) is 5.75 Å². The van der Waals surface area contributed by atoms with Gasteiger partial charge in [0.1, 0.15) is 11.8 Å². The van der Waals surface area contributed by atoms with Crippen molar-refractivity contribution >= 4 is 11.7 Å². The van der Waals surface area contributed by atoms with Gasteiger partial charge >= 0.3 is 5.97 Å². The molecule has 0 spiro atoms. The molecule has 0 saturated carbocycles. The number of hydrogen-bond acceptors (Lipinski definition) is 3. The van der Waals surface area contributed by atoms with Crippen LogP contribution in [0.3, 0.4) is 0 Å². The van der Waals surface area contributed by atoms with E-state index in [1.807, 2.05) is 0 Å². The van der Waals surface area contributed by atoms with Crippen LogP contribution >= 0.6 is 0 Å². The zero-order valence-corrected chi connectivity index (χ0v) is 8.05. The lowest BCUT2D eigenvalue weighted by molar-refractivity contribution is -0.138. The average Bonchev–Trinajstić information content (AvgIpc) is 2.67. The summed E-state index contributed by atoms with van der Waals surface area (Å²) in [6, 6.07) is 6.19. The minimum Gasteiger partial charge on any atom is -0.507 e. The smallest absolute Gasteiger partial charge is 0.328 e. The van der Waals surface area contributed by atoms with Crippen LogP contribution in [-0.2, 0) is 4.79 Å². The van der Waals surface area contributed by atoms with E-state index in [1.165, 1.54) is 0 Å². The van der Waals surface area contributed by atoms with Crippen LogP contribution in [0.2, 0.25) is 0 Å². The summed E-state index contributed by atoms with van der Waals surface area (Å²) in [5.41, 5.74) is 1.32. The lowest BCUT2D eigenvalue weighted by atomic mass is 10.1. The first-order valence-electron chi connectivity index (χ1n) is 4.76. The lowest BCUT2D eigenvalue weighted by Crippen LogP contribution is -2.13. The molecule has 2 rings (SSSR count). The fourth-order valence-corrected chi connectivity index (χ4v) is 1.69. The summed E-state index contributed by atoms with van der Waals surface area (Å²) in [6.45, 7) is 0. The number of rotatable bonds is 2. The van der Waals surface area contributed by atoms with E-state index >= 15 is 0 Å². The summed E-state index contributed by atoms with van der Waals surface area (Å²) in [6.07, 6.45) is 1.12. The molecule has 1 atom stereocenters. The summed E-state index contributed by atoms with van der Waals surface area (Å²) >= 11 is 0. The molecule has 0 aromatic heterocycles. The Hall–Kier alpha value is -1.84. The standard InChI is InChI=1S/C11H11NO3/c13-10-4-2-1-3-7(10)8-5-6-9(12-8)11(14)15/h1-4,9,13H,5-6H2,(H,14,15). The van der Waals surface area contributed by atoms with Crippen LogP contribution in [0.1, 0.15) is 18.4 Å². The van der Waals surface area contributed by atoms with E-state index in [0.717, 1.165) is 0 Å². The molecule has 1 unspecified atom stereocenters. The van der Waals surface area contributed by atoms with Gasteiger partial charge in [0.25, 0.3) is 0 Å². The van der Waals surface area contributed by atoms with Crippen molar-refractivity contribution in [3.05, 3.63) is 29.8 Å². The summed E-state index contributed by atoms with van der Waals surface area (Å²) < 4.78 is 0. The quantitative estimate of drug-likeness (QED) is 0.767. The largest absolute Gasteiger partial charge is 0.507 e. The van der Waals surface area contributed by atoms with E-state index in [2.05, 4.69) is 4.99 Å². The Labute approximate surface area is 86.9 Å². The summed E-state index contributed by atoms with van der Waals surface area (Å²) in [5, 5.41) is 18.3. The van der Waals surface area contributed by atoms with Crippen LogP contribution in [0.4, 0.5) is 0 Å². The second kappa shape index (κ2) is 3.73. The number of nitrogens with zero attached hydrogens (tertiary/aromatic N) is 1. The SMILES string of the molecule is O=C(O)C1CCC(c2ccccc2O)=N1. The van der Waals surface area contributed by atoms with Crippen molar-refractivity contribution in [2.75, 3.05) is 0 Å². The van der Waals surface area contributed by atoms with Gasteiger partial charge in [-0.05, 0) is 25.0 Å². The van der Waals surface area contributed by atoms with E-state index in [4.69, 9.17) is 5.11 Å². The maximum Gasteiger partial charge on any atom is 0.328 e. The number of hydrogen-bond donors (Lipinski definition) is 2. The fraction of sp³-hybridized carbons (Fsp3) is 0.273. The van der Waals surface area contributed by atoms with Crippen LogP contribution < -0.4 is 0 Å². The first kappa shape index (κ1) is 9.71. The van der Waals surface area contributed by atoms with E-state index in [1.54, 1.807) is 24.3 Å². The number of carboxylic acid groups (broad SMARTS) is 1. The summed E-state index contributed by atoms with van der Waals surface area (Å²) in [7, 11) is 0. The predicted molar refractivity (Wildman–Crippen MR) is 55.3 cm³/mol. The molecule has 0 radical (unpaired) electrons. The molecule has 15 heavy (non-hydrogen) atoms. The lowest BCUT2D eigenvalue weighted by Gasteiger charge is -2.02. The second-order valence-electron chi connectivity index (χ2n) is 3.49.